The summed E-state index contributed by atoms with van der Waals surface area (Å²) in [7, 11) is 0. The van der Waals surface area contributed by atoms with Gasteiger partial charge >= 0.3 is 0 Å². The quantitative estimate of drug-likeness (QED) is 0.443. The number of carbonyl (C=O) groups is 1. The normalized spacial score (nSPS) is 10.7. The van der Waals surface area contributed by atoms with E-state index in [2.05, 4.69) is 22.4 Å². The maximum Gasteiger partial charge on any atom is 0.230 e. The van der Waals surface area contributed by atoms with E-state index >= 15 is 0 Å². The summed E-state index contributed by atoms with van der Waals surface area (Å²) < 4.78 is 1.97. The van der Waals surface area contributed by atoms with Gasteiger partial charge in [-0.25, -0.2) is 0 Å². The summed E-state index contributed by atoms with van der Waals surface area (Å²) >= 11 is 7.38. The molecule has 3 rings (SSSR count). The molecule has 0 aliphatic carbocycles. The van der Waals surface area contributed by atoms with Gasteiger partial charge in [-0.2, -0.15) is 0 Å². The van der Waals surface area contributed by atoms with Crippen molar-refractivity contribution in [1.29, 1.82) is 0 Å². The van der Waals surface area contributed by atoms with Crippen LogP contribution in [0.15, 0.2) is 59.8 Å². The van der Waals surface area contributed by atoms with Gasteiger partial charge in [0.1, 0.15) is 0 Å². The summed E-state index contributed by atoms with van der Waals surface area (Å²) in [5, 5.41) is 13.0. The highest BCUT2D eigenvalue weighted by atomic mass is 35.5. The second-order valence-electron chi connectivity index (χ2n) is 5.98. The lowest BCUT2D eigenvalue weighted by atomic mass is 10.2. The van der Waals surface area contributed by atoms with Crippen LogP contribution in [0.1, 0.15) is 19.8 Å². The second-order valence-corrected chi connectivity index (χ2v) is 7.36. The van der Waals surface area contributed by atoms with Crippen LogP contribution in [-0.4, -0.2) is 33.0 Å². The molecule has 1 aromatic heterocycles. The lowest BCUT2D eigenvalue weighted by Gasteiger charge is -2.10. The van der Waals surface area contributed by atoms with E-state index < -0.39 is 0 Å². The van der Waals surface area contributed by atoms with E-state index in [0.717, 1.165) is 24.1 Å². The molecule has 0 aliphatic rings. The van der Waals surface area contributed by atoms with Crippen LogP contribution < -0.4 is 5.32 Å². The monoisotopic (exact) mass is 400 g/mol. The number of benzene rings is 2. The number of nitrogens with zero attached hydrogens (tertiary/aromatic N) is 3. The number of halogens is 1. The number of nitrogens with one attached hydrogen (secondary N) is 1. The van der Waals surface area contributed by atoms with E-state index in [1.807, 2.05) is 59.2 Å². The van der Waals surface area contributed by atoms with Gasteiger partial charge in [-0.15, -0.1) is 10.2 Å². The standard InChI is InChI=1S/C20H21ClN4OS/c1-2-3-13-22-18(26)14-27-20-24-23-19(15-9-11-16(21)12-10-15)25(20)17-7-5-4-6-8-17/h4-12H,2-3,13-14H2,1H3,(H,22,26). The third kappa shape index (κ3) is 5.11. The molecular weight excluding hydrogens is 380 g/mol. The number of carbonyl (C=O) groups excluding carboxylic acids is 1. The zero-order chi connectivity index (χ0) is 19.1. The van der Waals surface area contributed by atoms with Gasteiger partial charge in [0.25, 0.3) is 0 Å². The van der Waals surface area contributed by atoms with Gasteiger partial charge in [0.05, 0.1) is 5.75 Å². The molecule has 0 atom stereocenters. The lowest BCUT2D eigenvalue weighted by Crippen LogP contribution is -2.26. The molecule has 0 radical (unpaired) electrons. The Balaban J connectivity index is 1.86. The second kappa shape index (κ2) is 9.58. The Labute approximate surface area is 168 Å². The van der Waals surface area contributed by atoms with Crippen LogP contribution in [0, 0.1) is 0 Å². The zero-order valence-corrected chi connectivity index (χ0v) is 16.6. The van der Waals surface area contributed by atoms with Gasteiger partial charge in [-0.1, -0.05) is 54.9 Å². The molecule has 7 heteroatoms. The first-order valence-electron chi connectivity index (χ1n) is 8.85. The van der Waals surface area contributed by atoms with Crippen molar-refractivity contribution in [3.8, 4) is 17.1 Å². The minimum atomic E-state index is 0.00380. The van der Waals surface area contributed by atoms with Crippen molar-refractivity contribution in [1.82, 2.24) is 20.1 Å². The fourth-order valence-corrected chi connectivity index (χ4v) is 3.45. The van der Waals surface area contributed by atoms with Crippen LogP contribution in [0.5, 0.6) is 0 Å². The average Bonchev–Trinajstić information content (AvgIpc) is 3.12. The average molecular weight is 401 g/mol. The van der Waals surface area contributed by atoms with E-state index in [4.69, 9.17) is 11.6 Å². The van der Waals surface area contributed by atoms with Gasteiger partial charge in [-0.3, -0.25) is 9.36 Å². The van der Waals surface area contributed by atoms with E-state index in [1.54, 1.807) is 0 Å². The molecule has 0 fully saturated rings. The molecule has 0 saturated heterocycles. The maximum absolute atomic E-state index is 12.0. The minimum absolute atomic E-state index is 0.00380. The Hall–Kier alpha value is -2.31. The molecule has 0 saturated carbocycles. The third-order valence-corrected chi connectivity index (χ3v) is 5.12. The Bertz CT molecular complexity index is 881. The predicted molar refractivity (Wildman–Crippen MR) is 110 cm³/mol. The molecule has 3 aromatic rings. The fourth-order valence-electron chi connectivity index (χ4n) is 2.54. The highest BCUT2D eigenvalue weighted by Crippen LogP contribution is 2.28. The number of thioether (sulfide) groups is 1. The number of hydrogen-bond acceptors (Lipinski definition) is 4. The van der Waals surface area contributed by atoms with Crippen molar-refractivity contribution in [3.05, 3.63) is 59.6 Å². The molecule has 1 N–H and O–H groups in total. The van der Waals surface area contributed by atoms with Crippen LogP contribution in [0.2, 0.25) is 5.02 Å². The Morgan fingerprint density at radius 3 is 2.56 bits per heavy atom. The summed E-state index contributed by atoms with van der Waals surface area (Å²) in [5.41, 5.74) is 1.86. The van der Waals surface area contributed by atoms with Crippen molar-refractivity contribution in [2.75, 3.05) is 12.3 Å². The summed E-state index contributed by atoms with van der Waals surface area (Å²) in [6.07, 6.45) is 2.04. The van der Waals surface area contributed by atoms with Crippen LogP contribution in [0.4, 0.5) is 0 Å². The summed E-state index contributed by atoms with van der Waals surface area (Å²) in [5.74, 6) is 1.02. The molecule has 5 nitrogen and oxygen atoms in total. The molecule has 1 heterocycles. The van der Waals surface area contributed by atoms with Crippen LogP contribution >= 0.6 is 23.4 Å². The van der Waals surface area contributed by atoms with Crippen LogP contribution in [0.25, 0.3) is 17.1 Å². The topological polar surface area (TPSA) is 59.8 Å². The lowest BCUT2D eigenvalue weighted by molar-refractivity contribution is -0.118. The van der Waals surface area contributed by atoms with Crippen molar-refractivity contribution >= 4 is 29.3 Å². The SMILES string of the molecule is CCCCNC(=O)CSc1nnc(-c2ccc(Cl)cc2)n1-c1ccccc1. The van der Waals surface area contributed by atoms with E-state index in [1.165, 1.54) is 11.8 Å². The molecule has 2 aromatic carbocycles. The fraction of sp³-hybridized carbons (Fsp3) is 0.250. The maximum atomic E-state index is 12.0. The molecule has 0 spiro atoms. The third-order valence-electron chi connectivity index (χ3n) is 3.94. The summed E-state index contributed by atoms with van der Waals surface area (Å²) in [6.45, 7) is 2.80. The number of amides is 1. The van der Waals surface area contributed by atoms with Crippen molar-refractivity contribution < 1.29 is 4.79 Å². The molecule has 27 heavy (non-hydrogen) atoms. The minimum Gasteiger partial charge on any atom is -0.355 e. The van der Waals surface area contributed by atoms with Gasteiger partial charge in [-0.05, 0) is 42.8 Å². The number of para-hydroxylation sites is 1. The van der Waals surface area contributed by atoms with Crippen molar-refractivity contribution in [3.63, 3.8) is 0 Å². The molecule has 0 bridgehead atoms. The Morgan fingerprint density at radius 1 is 1.11 bits per heavy atom. The highest BCUT2D eigenvalue weighted by Gasteiger charge is 2.17. The Morgan fingerprint density at radius 2 is 1.85 bits per heavy atom. The smallest absolute Gasteiger partial charge is 0.230 e. The first-order valence-corrected chi connectivity index (χ1v) is 10.2. The van der Waals surface area contributed by atoms with Crippen LogP contribution in [-0.2, 0) is 4.79 Å². The number of rotatable bonds is 8. The van der Waals surface area contributed by atoms with Crippen molar-refractivity contribution in [2.45, 2.75) is 24.9 Å². The summed E-state index contributed by atoms with van der Waals surface area (Å²) in [6, 6.07) is 17.4. The number of unbranched alkanes of at least 4 members (excludes halogenated alkanes) is 1. The molecular formula is C20H21ClN4OS. The number of hydrogen-bond donors (Lipinski definition) is 1. The Kier molecular flexibility index (Phi) is 6.90. The summed E-state index contributed by atoms with van der Waals surface area (Å²) in [4.78, 5) is 12.0. The largest absolute Gasteiger partial charge is 0.355 e. The first kappa shape index (κ1) is 19.5. The van der Waals surface area contributed by atoms with E-state index in [9.17, 15) is 4.79 Å². The van der Waals surface area contributed by atoms with Gasteiger partial charge < -0.3 is 5.32 Å². The predicted octanol–water partition coefficient (Wildman–Crippen LogP) is 4.60. The first-order chi connectivity index (χ1) is 13.2. The number of aromatic nitrogens is 3. The molecule has 1 amide bonds. The van der Waals surface area contributed by atoms with Crippen LogP contribution in [0.3, 0.4) is 0 Å². The molecule has 0 unspecified atom stereocenters. The van der Waals surface area contributed by atoms with Gasteiger partial charge in [0.15, 0.2) is 11.0 Å². The van der Waals surface area contributed by atoms with E-state index in [-0.39, 0.29) is 5.91 Å². The van der Waals surface area contributed by atoms with Gasteiger partial charge in [0.2, 0.25) is 5.91 Å². The van der Waals surface area contributed by atoms with Gasteiger partial charge in [0, 0.05) is 22.8 Å². The van der Waals surface area contributed by atoms with E-state index in [0.29, 0.717) is 28.3 Å². The molecule has 0 aliphatic heterocycles. The molecule has 140 valence electrons. The van der Waals surface area contributed by atoms with Crippen molar-refractivity contribution in [2.24, 2.45) is 0 Å². The highest BCUT2D eigenvalue weighted by molar-refractivity contribution is 7.99. The zero-order valence-electron chi connectivity index (χ0n) is 15.1.